The third kappa shape index (κ3) is 3.46. The van der Waals surface area contributed by atoms with E-state index in [1.165, 1.54) is 24.3 Å². The fourth-order valence-corrected chi connectivity index (χ4v) is 2.98. The molecule has 0 amide bonds. The molecule has 2 rings (SSSR count). The zero-order valence-corrected chi connectivity index (χ0v) is 9.83. The molecule has 0 spiro atoms. The number of nitrogens with one attached hydrogen (secondary N) is 1. The van der Waals surface area contributed by atoms with Gasteiger partial charge in [0, 0.05) is 24.4 Å². The Bertz CT molecular complexity index is 331. The molecule has 1 aromatic rings. The average Bonchev–Trinajstić information content (AvgIpc) is 2.27. The van der Waals surface area contributed by atoms with Crippen LogP contribution in [0, 0.1) is 11.6 Å². The Morgan fingerprint density at radius 1 is 1.25 bits per heavy atom. The van der Waals surface area contributed by atoms with Crippen LogP contribution in [-0.2, 0) is 6.54 Å². The first kappa shape index (κ1) is 11.9. The van der Waals surface area contributed by atoms with Crippen LogP contribution in [-0.4, -0.2) is 17.5 Å². The lowest BCUT2D eigenvalue weighted by molar-refractivity contribution is 0.503. The summed E-state index contributed by atoms with van der Waals surface area (Å²) in [6, 6.07) is 4.14. The van der Waals surface area contributed by atoms with Gasteiger partial charge >= 0.3 is 0 Å². The minimum absolute atomic E-state index is 0.477. The first-order valence-corrected chi connectivity index (χ1v) is 6.65. The number of halogens is 2. The maximum absolute atomic E-state index is 12.9. The van der Waals surface area contributed by atoms with E-state index in [9.17, 15) is 8.78 Å². The molecule has 88 valence electrons. The topological polar surface area (TPSA) is 12.0 Å². The molecule has 1 heterocycles. The Morgan fingerprint density at radius 3 is 2.62 bits per heavy atom. The molecule has 1 fully saturated rings. The Morgan fingerprint density at radius 2 is 2.00 bits per heavy atom. The summed E-state index contributed by atoms with van der Waals surface area (Å²) in [5, 5.41) is 3.34. The Hall–Kier alpha value is -0.610. The maximum Gasteiger partial charge on any atom is 0.126 e. The normalized spacial score (nSPS) is 21.0. The SMILES string of the molecule is Fc1cc(F)cc(CNC2CCCSC2)c1. The fourth-order valence-electron chi connectivity index (χ4n) is 1.88. The van der Waals surface area contributed by atoms with Crippen LogP contribution < -0.4 is 5.32 Å². The van der Waals surface area contributed by atoms with Crippen LogP contribution in [0.2, 0.25) is 0 Å². The van der Waals surface area contributed by atoms with E-state index in [0.29, 0.717) is 18.2 Å². The summed E-state index contributed by atoms with van der Waals surface area (Å²) in [6.07, 6.45) is 2.38. The van der Waals surface area contributed by atoms with Crippen molar-refractivity contribution in [2.75, 3.05) is 11.5 Å². The van der Waals surface area contributed by atoms with Gasteiger partial charge < -0.3 is 5.32 Å². The number of hydrogen-bond acceptors (Lipinski definition) is 2. The lowest BCUT2D eigenvalue weighted by Crippen LogP contribution is -2.33. The van der Waals surface area contributed by atoms with Crippen molar-refractivity contribution in [2.45, 2.75) is 25.4 Å². The second-order valence-corrected chi connectivity index (χ2v) is 5.22. The fraction of sp³-hybridized carbons (Fsp3) is 0.500. The largest absolute Gasteiger partial charge is 0.309 e. The molecule has 1 aliphatic heterocycles. The molecule has 1 saturated heterocycles. The summed E-state index contributed by atoms with van der Waals surface area (Å²) >= 11 is 1.93. The van der Waals surface area contributed by atoms with Gasteiger partial charge in [-0.1, -0.05) is 0 Å². The van der Waals surface area contributed by atoms with E-state index in [-0.39, 0.29) is 0 Å². The van der Waals surface area contributed by atoms with Crippen LogP contribution in [0.1, 0.15) is 18.4 Å². The molecule has 1 nitrogen and oxygen atoms in total. The van der Waals surface area contributed by atoms with Gasteiger partial charge in [-0.2, -0.15) is 11.8 Å². The van der Waals surface area contributed by atoms with Gasteiger partial charge in [0.25, 0.3) is 0 Å². The first-order valence-electron chi connectivity index (χ1n) is 5.50. The third-order valence-electron chi connectivity index (χ3n) is 2.68. The van der Waals surface area contributed by atoms with Crippen LogP contribution in [0.25, 0.3) is 0 Å². The van der Waals surface area contributed by atoms with Crippen LogP contribution in [0.15, 0.2) is 18.2 Å². The molecule has 1 unspecified atom stereocenters. The van der Waals surface area contributed by atoms with Crippen molar-refractivity contribution >= 4 is 11.8 Å². The molecule has 16 heavy (non-hydrogen) atoms. The van der Waals surface area contributed by atoms with E-state index in [0.717, 1.165) is 18.2 Å². The minimum Gasteiger partial charge on any atom is -0.309 e. The average molecular weight is 243 g/mol. The van der Waals surface area contributed by atoms with Crippen molar-refractivity contribution in [1.82, 2.24) is 5.32 Å². The molecule has 0 saturated carbocycles. The van der Waals surface area contributed by atoms with Crippen molar-refractivity contribution in [3.05, 3.63) is 35.4 Å². The van der Waals surface area contributed by atoms with Gasteiger partial charge in [0.1, 0.15) is 11.6 Å². The number of benzene rings is 1. The second-order valence-electron chi connectivity index (χ2n) is 4.07. The molecule has 1 N–H and O–H groups in total. The van der Waals surface area contributed by atoms with Crippen molar-refractivity contribution < 1.29 is 8.78 Å². The van der Waals surface area contributed by atoms with Crippen LogP contribution >= 0.6 is 11.8 Å². The van der Waals surface area contributed by atoms with Crippen LogP contribution in [0.5, 0.6) is 0 Å². The highest BCUT2D eigenvalue weighted by Crippen LogP contribution is 2.17. The Balaban J connectivity index is 1.88. The summed E-state index contributed by atoms with van der Waals surface area (Å²) < 4.78 is 25.8. The molecule has 0 aromatic heterocycles. The van der Waals surface area contributed by atoms with Crippen molar-refractivity contribution in [3.8, 4) is 0 Å². The Kier molecular flexibility index (Phi) is 4.18. The van der Waals surface area contributed by atoms with Gasteiger partial charge in [-0.3, -0.25) is 0 Å². The molecule has 1 atom stereocenters. The molecule has 0 bridgehead atoms. The molecule has 4 heteroatoms. The monoisotopic (exact) mass is 243 g/mol. The second kappa shape index (κ2) is 5.64. The number of rotatable bonds is 3. The van der Waals surface area contributed by atoms with E-state index < -0.39 is 11.6 Å². The predicted molar refractivity (Wildman–Crippen MR) is 63.5 cm³/mol. The number of hydrogen-bond donors (Lipinski definition) is 1. The first-order chi connectivity index (χ1) is 7.74. The molecular formula is C12H15F2NS. The molecule has 0 radical (unpaired) electrons. The predicted octanol–water partition coefficient (Wildman–Crippen LogP) is 2.95. The summed E-state index contributed by atoms with van der Waals surface area (Å²) in [4.78, 5) is 0. The highest BCUT2D eigenvalue weighted by molar-refractivity contribution is 7.99. The zero-order chi connectivity index (χ0) is 11.4. The van der Waals surface area contributed by atoms with Crippen molar-refractivity contribution in [1.29, 1.82) is 0 Å². The van der Waals surface area contributed by atoms with Gasteiger partial charge in [0.05, 0.1) is 0 Å². The summed E-state index contributed by atoms with van der Waals surface area (Å²) in [6.45, 7) is 0.542. The van der Waals surface area contributed by atoms with E-state index in [4.69, 9.17) is 0 Å². The standard InChI is InChI=1S/C12H15F2NS/c13-10-4-9(5-11(14)6-10)7-15-12-2-1-3-16-8-12/h4-6,12,15H,1-3,7-8H2. The van der Waals surface area contributed by atoms with Gasteiger partial charge in [-0.25, -0.2) is 8.78 Å². The minimum atomic E-state index is -0.505. The maximum atomic E-state index is 12.9. The Labute approximate surface area is 98.6 Å². The van der Waals surface area contributed by atoms with Crippen LogP contribution in [0.3, 0.4) is 0 Å². The van der Waals surface area contributed by atoms with Gasteiger partial charge in [-0.05, 0) is 36.3 Å². The van der Waals surface area contributed by atoms with Gasteiger partial charge in [0.15, 0.2) is 0 Å². The highest BCUT2D eigenvalue weighted by atomic mass is 32.2. The lowest BCUT2D eigenvalue weighted by atomic mass is 10.1. The zero-order valence-electron chi connectivity index (χ0n) is 9.01. The van der Waals surface area contributed by atoms with Crippen LogP contribution in [0.4, 0.5) is 8.78 Å². The molecule has 1 aliphatic rings. The highest BCUT2D eigenvalue weighted by Gasteiger charge is 2.12. The van der Waals surface area contributed by atoms with Crippen molar-refractivity contribution in [3.63, 3.8) is 0 Å². The number of thioether (sulfide) groups is 1. The summed E-state index contributed by atoms with van der Waals surface area (Å²) in [7, 11) is 0. The molecule has 0 aliphatic carbocycles. The quantitative estimate of drug-likeness (QED) is 0.876. The van der Waals surface area contributed by atoms with Crippen molar-refractivity contribution in [2.24, 2.45) is 0 Å². The summed E-state index contributed by atoms with van der Waals surface area (Å²) in [5.41, 5.74) is 0.674. The molecule has 1 aromatic carbocycles. The van der Waals surface area contributed by atoms with E-state index >= 15 is 0 Å². The van der Waals surface area contributed by atoms with E-state index in [2.05, 4.69) is 5.32 Å². The van der Waals surface area contributed by atoms with Gasteiger partial charge in [0.2, 0.25) is 0 Å². The third-order valence-corrected chi connectivity index (χ3v) is 3.89. The van der Waals surface area contributed by atoms with E-state index in [1.54, 1.807) is 0 Å². The lowest BCUT2D eigenvalue weighted by Gasteiger charge is -2.22. The smallest absolute Gasteiger partial charge is 0.126 e. The summed E-state index contributed by atoms with van der Waals surface area (Å²) in [5.74, 6) is 1.31. The van der Waals surface area contributed by atoms with E-state index in [1.807, 2.05) is 11.8 Å². The van der Waals surface area contributed by atoms with Gasteiger partial charge in [-0.15, -0.1) is 0 Å². The molecular weight excluding hydrogens is 228 g/mol.